The van der Waals surface area contributed by atoms with E-state index >= 15 is 0 Å². The molecule has 0 aliphatic heterocycles. The molecule has 0 rings (SSSR count). The van der Waals surface area contributed by atoms with Gasteiger partial charge in [0.2, 0.25) is 0 Å². The van der Waals surface area contributed by atoms with E-state index in [9.17, 15) is 0 Å². The minimum atomic E-state index is -0.211. The van der Waals surface area contributed by atoms with Crippen LogP contribution in [-0.2, 0) is 9.47 Å². The number of amidine groups is 1. The standard InChI is InChI=1S/C14H31N3O2/c1-12(11-19-5)17(9-10-18-4)8-6-7-14(2,3)13(15)16/h12H,6-11H2,1-5H3,(H3,15,16). The molecule has 3 N–H and O–H groups in total. The highest BCUT2D eigenvalue weighted by molar-refractivity contribution is 5.82. The van der Waals surface area contributed by atoms with E-state index in [1.807, 2.05) is 13.8 Å². The molecule has 0 fully saturated rings. The van der Waals surface area contributed by atoms with Crippen LogP contribution in [0.2, 0.25) is 0 Å². The molecule has 114 valence electrons. The van der Waals surface area contributed by atoms with E-state index in [2.05, 4.69) is 11.8 Å². The SMILES string of the molecule is COCCN(CCCC(C)(C)C(=N)N)C(C)COC. The molecule has 0 spiro atoms. The Balaban J connectivity index is 4.21. The summed E-state index contributed by atoms with van der Waals surface area (Å²) in [4.78, 5) is 2.36. The van der Waals surface area contributed by atoms with Crippen LogP contribution in [0.15, 0.2) is 0 Å². The van der Waals surface area contributed by atoms with Crippen LogP contribution >= 0.6 is 0 Å². The first-order valence-corrected chi connectivity index (χ1v) is 6.91. The highest BCUT2D eigenvalue weighted by Crippen LogP contribution is 2.22. The maximum absolute atomic E-state index is 7.57. The number of nitrogens with two attached hydrogens (primary N) is 1. The number of hydrogen-bond acceptors (Lipinski definition) is 4. The minimum absolute atomic E-state index is 0.211. The Morgan fingerprint density at radius 1 is 1.26 bits per heavy atom. The summed E-state index contributed by atoms with van der Waals surface area (Å²) in [5.74, 6) is 0.265. The Bertz CT molecular complexity index is 257. The Labute approximate surface area is 117 Å². The Hall–Kier alpha value is -0.650. The van der Waals surface area contributed by atoms with Crippen molar-refractivity contribution in [2.24, 2.45) is 11.1 Å². The highest BCUT2D eigenvalue weighted by Gasteiger charge is 2.22. The molecule has 0 radical (unpaired) electrons. The van der Waals surface area contributed by atoms with Crippen molar-refractivity contribution in [2.45, 2.75) is 39.7 Å². The first-order chi connectivity index (χ1) is 8.85. The number of hydrogen-bond donors (Lipinski definition) is 2. The van der Waals surface area contributed by atoms with E-state index in [0.717, 1.165) is 39.1 Å². The Morgan fingerprint density at radius 2 is 1.89 bits per heavy atom. The van der Waals surface area contributed by atoms with Crippen molar-refractivity contribution < 1.29 is 9.47 Å². The van der Waals surface area contributed by atoms with Gasteiger partial charge in [0.1, 0.15) is 0 Å². The molecule has 0 aliphatic carbocycles. The fourth-order valence-corrected chi connectivity index (χ4v) is 1.97. The van der Waals surface area contributed by atoms with Crippen LogP contribution in [0.25, 0.3) is 0 Å². The molecule has 5 nitrogen and oxygen atoms in total. The third kappa shape index (κ3) is 7.50. The van der Waals surface area contributed by atoms with Gasteiger partial charge in [-0.1, -0.05) is 13.8 Å². The lowest BCUT2D eigenvalue weighted by molar-refractivity contribution is 0.0729. The van der Waals surface area contributed by atoms with Gasteiger partial charge in [0.05, 0.1) is 19.0 Å². The lowest BCUT2D eigenvalue weighted by Gasteiger charge is -2.30. The molecule has 5 heteroatoms. The molecule has 0 amide bonds. The van der Waals surface area contributed by atoms with Crippen LogP contribution in [0.4, 0.5) is 0 Å². The molecular weight excluding hydrogens is 242 g/mol. The van der Waals surface area contributed by atoms with Gasteiger partial charge in [-0.3, -0.25) is 10.3 Å². The molecule has 0 heterocycles. The van der Waals surface area contributed by atoms with E-state index in [1.54, 1.807) is 14.2 Å². The van der Waals surface area contributed by atoms with Crippen molar-refractivity contribution in [2.75, 3.05) is 40.5 Å². The number of nitrogens with one attached hydrogen (secondary N) is 1. The predicted molar refractivity (Wildman–Crippen MR) is 79.7 cm³/mol. The van der Waals surface area contributed by atoms with Crippen molar-refractivity contribution in [3.05, 3.63) is 0 Å². The fourth-order valence-electron chi connectivity index (χ4n) is 1.97. The molecule has 0 aromatic heterocycles. The van der Waals surface area contributed by atoms with Crippen LogP contribution < -0.4 is 5.73 Å². The van der Waals surface area contributed by atoms with Crippen molar-refractivity contribution in [1.82, 2.24) is 4.90 Å². The smallest absolute Gasteiger partial charge is 0.0963 e. The third-order valence-corrected chi connectivity index (χ3v) is 3.59. The summed E-state index contributed by atoms with van der Waals surface area (Å²) in [6.07, 6.45) is 1.94. The molecule has 0 saturated carbocycles. The van der Waals surface area contributed by atoms with Gasteiger partial charge < -0.3 is 15.2 Å². The summed E-state index contributed by atoms with van der Waals surface area (Å²) in [5, 5.41) is 7.57. The zero-order valence-electron chi connectivity index (χ0n) is 13.2. The van der Waals surface area contributed by atoms with Crippen molar-refractivity contribution in [3.8, 4) is 0 Å². The van der Waals surface area contributed by atoms with Gasteiger partial charge in [-0.25, -0.2) is 0 Å². The maximum Gasteiger partial charge on any atom is 0.0963 e. The monoisotopic (exact) mass is 273 g/mol. The summed E-state index contributed by atoms with van der Waals surface area (Å²) in [7, 11) is 3.45. The third-order valence-electron chi connectivity index (χ3n) is 3.59. The quantitative estimate of drug-likeness (QED) is 0.444. The Kier molecular flexibility index (Phi) is 8.97. The predicted octanol–water partition coefficient (Wildman–Crippen LogP) is 1.71. The number of rotatable bonds is 11. The van der Waals surface area contributed by atoms with E-state index in [1.165, 1.54) is 0 Å². The summed E-state index contributed by atoms with van der Waals surface area (Å²) in [5.41, 5.74) is 5.39. The summed E-state index contributed by atoms with van der Waals surface area (Å²) in [6, 6.07) is 0.376. The molecular formula is C14H31N3O2. The lowest BCUT2D eigenvalue weighted by Crippen LogP contribution is -2.40. The maximum atomic E-state index is 7.57. The summed E-state index contributed by atoms with van der Waals surface area (Å²) >= 11 is 0. The van der Waals surface area contributed by atoms with Crippen LogP contribution in [0.1, 0.15) is 33.6 Å². The van der Waals surface area contributed by atoms with Gasteiger partial charge in [0.25, 0.3) is 0 Å². The number of nitrogens with zero attached hydrogens (tertiary/aromatic N) is 1. The fraction of sp³-hybridized carbons (Fsp3) is 0.929. The lowest BCUT2D eigenvalue weighted by atomic mass is 9.86. The molecule has 1 atom stereocenters. The second-order valence-corrected chi connectivity index (χ2v) is 5.73. The molecule has 0 aliphatic rings. The minimum Gasteiger partial charge on any atom is -0.387 e. The zero-order valence-corrected chi connectivity index (χ0v) is 13.2. The van der Waals surface area contributed by atoms with Crippen LogP contribution in [0.5, 0.6) is 0 Å². The largest absolute Gasteiger partial charge is 0.387 e. The molecule has 0 aromatic rings. The first kappa shape index (κ1) is 18.4. The average Bonchev–Trinajstić information content (AvgIpc) is 2.33. The van der Waals surface area contributed by atoms with E-state index in [-0.39, 0.29) is 11.3 Å². The van der Waals surface area contributed by atoms with Crippen molar-refractivity contribution in [3.63, 3.8) is 0 Å². The van der Waals surface area contributed by atoms with Gasteiger partial charge in [0.15, 0.2) is 0 Å². The van der Waals surface area contributed by atoms with Gasteiger partial charge >= 0.3 is 0 Å². The molecule has 0 bridgehead atoms. The van der Waals surface area contributed by atoms with Crippen LogP contribution in [0, 0.1) is 10.8 Å². The van der Waals surface area contributed by atoms with E-state index in [0.29, 0.717) is 6.04 Å². The van der Waals surface area contributed by atoms with E-state index < -0.39 is 0 Å². The number of methoxy groups -OCH3 is 2. The van der Waals surface area contributed by atoms with Gasteiger partial charge in [-0.2, -0.15) is 0 Å². The van der Waals surface area contributed by atoms with Crippen molar-refractivity contribution in [1.29, 1.82) is 5.41 Å². The summed E-state index contributed by atoms with van der Waals surface area (Å²) < 4.78 is 10.4. The van der Waals surface area contributed by atoms with Crippen LogP contribution in [0.3, 0.4) is 0 Å². The average molecular weight is 273 g/mol. The van der Waals surface area contributed by atoms with Crippen molar-refractivity contribution >= 4 is 5.84 Å². The van der Waals surface area contributed by atoms with Gasteiger partial charge in [-0.05, 0) is 26.3 Å². The topological polar surface area (TPSA) is 71.6 Å². The molecule has 0 saturated heterocycles. The van der Waals surface area contributed by atoms with E-state index in [4.69, 9.17) is 20.6 Å². The molecule has 1 unspecified atom stereocenters. The first-order valence-electron chi connectivity index (χ1n) is 6.91. The van der Waals surface area contributed by atoms with Gasteiger partial charge in [-0.15, -0.1) is 0 Å². The second-order valence-electron chi connectivity index (χ2n) is 5.73. The zero-order chi connectivity index (χ0) is 14.9. The molecule has 0 aromatic carbocycles. The summed E-state index contributed by atoms with van der Waals surface area (Å²) in [6.45, 7) is 9.53. The normalized spacial score (nSPS) is 13.8. The highest BCUT2D eigenvalue weighted by atomic mass is 16.5. The second kappa shape index (κ2) is 9.28. The Morgan fingerprint density at radius 3 is 2.37 bits per heavy atom. The van der Waals surface area contributed by atoms with Gasteiger partial charge in [0, 0.05) is 32.2 Å². The molecule has 19 heavy (non-hydrogen) atoms. The number of ether oxygens (including phenoxy) is 2. The van der Waals surface area contributed by atoms with Crippen LogP contribution in [-0.4, -0.2) is 57.3 Å².